The van der Waals surface area contributed by atoms with Gasteiger partial charge in [0.15, 0.2) is 0 Å². The molecule has 3 nitrogen and oxygen atoms in total. The third-order valence-corrected chi connectivity index (χ3v) is 2.78. The molecule has 0 saturated heterocycles. The van der Waals surface area contributed by atoms with Gasteiger partial charge in [-0.15, -0.1) is 0 Å². The number of halogens is 3. The Morgan fingerprint density at radius 2 is 1.59 bits per heavy atom. The van der Waals surface area contributed by atoms with Crippen molar-refractivity contribution in [2.75, 3.05) is 5.32 Å². The van der Waals surface area contributed by atoms with Crippen LogP contribution in [0.15, 0.2) is 48.0 Å². The highest BCUT2D eigenvalue weighted by Gasteiger charge is 2.14. The largest absolute Gasteiger partial charge is 0.319 e. The molecular formula is C16H9F3N2O. The molecular weight excluding hydrogens is 293 g/mol. The molecule has 0 aromatic heterocycles. The Bertz CT molecular complexity index is 774. The van der Waals surface area contributed by atoms with Crippen molar-refractivity contribution in [3.8, 4) is 6.07 Å². The average Bonchev–Trinajstić information content (AvgIpc) is 2.49. The zero-order valence-electron chi connectivity index (χ0n) is 11.1. The first kappa shape index (κ1) is 15.3. The maximum absolute atomic E-state index is 13.5. The van der Waals surface area contributed by atoms with E-state index in [4.69, 9.17) is 5.26 Å². The van der Waals surface area contributed by atoms with Gasteiger partial charge in [-0.05, 0) is 30.3 Å². The minimum Gasteiger partial charge on any atom is -0.319 e. The van der Waals surface area contributed by atoms with Crippen molar-refractivity contribution < 1.29 is 18.0 Å². The number of nitrogens with one attached hydrogen (secondary N) is 1. The minimum atomic E-state index is -0.963. The Balaban J connectivity index is 2.33. The van der Waals surface area contributed by atoms with Crippen LogP contribution in [0.3, 0.4) is 0 Å². The molecule has 6 heteroatoms. The maximum Gasteiger partial charge on any atom is 0.266 e. The lowest BCUT2D eigenvalue weighted by atomic mass is 10.1. The van der Waals surface area contributed by atoms with Crippen LogP contribution in [0.1, 0.15) is 5.56 Å². The number of carbonyl (C=O) groups excluding carboxylic acids is 1. The number of para-hydroxylation sites is 1. The van der Waals surface area contributed by atoms with E-state index in [0.29, 0.717) is 0 Å². The van der Waals surface area contributed by atoms with Gasteiger partial charge in [0.25, 0.3) is 5.91 Å². The second-order valence-electron chi connectivity index (χ2n) is 4.24. The van der Waals surface area contributed by atoms with Gasteiger partial charge in [0.2, 0.25) is 0 Å². The van der Waals surface area contributed by atoms with Crippen molar-refractivity contribution >= 4 is 17.7 Å². The summed E-state index contributed by atoms with van der Waals surface area (Å²) in [6, 6.07) is 10.0. The molecule has 0 bridgehead atoms. The van der Waals surface area contributed by atoms with Gasteiger partial charge < -0.3 is 5.32 Å². The molecule has 0 aliphatic rings. The molecule has 2 aromatic carbocycles. The van der Waals surface area contributed by atoms with Crippen molar-refractivity contribution in [3.05, 3.63) is 71.1 Å². The fraction of sp³-hybridized carbons (Fsp3) is 0. The lowest BCUT2D eigenvalue weighted by Crippen LogP contribution is -2.14. The Morgan fingerprint density at radius 1 is 1.00 bits per heavy atom. The topological polar surface area (TPSA) is 52.9 Å². The summed E-state index contributed by atoms with van der Waals surface area (Å²) in [5.41, 5.74) is -1.20. The summed E-state index contributed by atoms with van der Waals surface area (Å²) in [7, 11) is 0. The van der Waals surface area contributed by atoms with E-state index in [1.807, 2.05) is 0 Å². The summed E-state index contributed by atoms with van der Waals surface area (Å²) >= 11 is 0. The van der Waals surface area contributed by atoms with Crippen LogP contribution in [-0.2, 0) is 4.79 Å². The molecule has 110 valence electrons. The van der Waals surface area contributed by atoms with Crippen LogP contribution in [0, 0.1) is 28.8 Å². The minimum absolute atomic E-state index is 0.136. The Hall–Kier alpha value is -3.07. The Labute approximate surface area is 124 Å². The molecule has 2 rings (SSSR count). The van der Waals surface area contributed by atoms with Gasteiger partial charge in [-0.25, -0.2) is 13.2 Å². The summed E-state index contributed by atoms with van der Waals surface area (Å²) in [4.78, 5) is 11.9. The molecule has 0 spiro atoms. The van der Waals surface area contributed by atoms with Gasteiger partial charge in [0, 0.05) is 5.56 Å². The van der Waals surface area contributed by atoms with E-state index in [0.717, 1.165) is 30.3 Å². The Kier molecular flexibility index (Phi) is 4.59. The van der Waals surface area contributed by atoms with E-state index < -0.39 is 34.5 Å². The summed E-state index contributed by atoms with van der Waals surface area (Å²) in [6.45, 7) is 0. The van der Waals surface area contributed by atoms with Crippen molar-refractivity contribution in [3.63, 3.8) is 0 Å². The number of benzene rings is 2. The molecule has 0 fully saturated rings. The van der Waals surface area contributed by atoms with E-state index in [-0.39, 0.29) is 5.69 Å². The molecule has 0 radical (unpaired) electrons. The average molecular weight is 302 g/mol. The number of amides is 1. The normalized spacial score (nSPS) is 10.9. The Morgan fingerprint density at radius 3 is 2.18 bits per heavy atom. The van der Waals surface area contributed by atoms with Crippen molar-refractivity contribution in [1.29, 1.82) is 5.26 Å². The maximum atomic E-state index is 13.5. The monoisotopic (exact) mass is 302 g/mol. The molecule has 1 amide bonds. The van der Waals surface area contributed by atoms with Gasteiger partial charge >= 0.3 is 0 Å². The third kappa shape index (κ3) is 3.33. The number of hydrogen-bond donors (Lipinski definition) is 1. The number of nitrogens with zero attached hydrogens (tertiary/aromatic N) is 1. The molecule has 0 unspecified atom stereocenters. The standard InChI is InChI=1S/C16H9F3N2O/c17-12-5-3-6-13(18)11(12)8-10(9-20)16(22)21-15-7-2-1-4-14(15)19/h1-8H,(H,21,22)/b10-8+. The molecule has 0 aliphatic heterocycles. The zero-order valence-corrected chi connectivity index (χ0v) is 11.1. The summed E-state index contributed by atoms with van der Waals surface area (Å²) in [5.74, 6) is -3.47. The predicted octanol–water partition coefficient (Wildman–Crippen LogP) is 3.65. The first-order valence-electron chi connectivity index (χ1n) is 6.14. The van der Waals surface area contributed by atoms with Gasteiger partial charge in [0.1, 0.15) is 29.1 Å². The number of carbonyl (C=O) groups is 1. The van der Waals surface area contributed by atoms with E-state index in [1.165, 1.54) is 24.3 Å². The smallest absolute Gasteiger partial charge is 0.266 e. The van der Waals surface area contributed by atoms with Crippen molar-refractivity contribution in [2.24, 2.45) is 0 Å². The number of rotatable bonds is 3. The highest BCUT2D eigenvalue weighted by molar-refractivity contribution is 6.09. The summed E-state index contributed by atoms with van der Waals surface area (Å²) < 4.78 is 40.5. The van der Waals surface area contributed by atoms with Crippen molar-refractivity contribution in [2.45, 2.75) is 0 Å². The van der Waals surface area contributed by atoms with E-state index in [9.17, 15) is 18.0 Å². The molecule has 1 N–H and O–H groups in total. The molecule has 22 heavy (non-hydrogen) atoms. The molecule has 0 aliphatic carbocycles. The SMILES string of the molecule is N#C/C(=C\c1c(F)cccc1F)C(=O)Nc1ccccc1F. The van der Waals surface area contributed by atoms with Crippen LogP contribution >= 0.6 is 0 Å². The van der Waals surface area contributed by atoms with E-state index in [1.54, 1.807) is 0 Å². The van der Waals surface area contributed by atoms with E-state index in [2.05, 4.69) is 5.32 Å². The van der Waals surface area contributed by atoms with Gasteiger partial charge in [-0.3, -0.25) is 4.79 Å². The van der Waals surface area contributed by atoms with Crippen LogP contribution in [-0.4, -0.2) is 5.91 Å². The summed E-state index contributed by atoms with van der Waals surface area (Å²) in [6.07, 6.45) is 0.779. The number of anilines is 1. The zero-order chi connectivity index (χ0) is 16.1. The molecule has 0 atom stereocenters. The van der Waals surface area contributed by atoms with Gasteiger partial charge in [-0.2, -0.15) is 5.26 Å². The van der Waals surface area contributed by atoms with Crippen LogP contribution in [0.25, 0.3) is 6.08 Å². The number of nitriles is 1. The fourth-order valence-electron chi connectivity index (χ4n) is 1.69. The first-order chi connectivity index (χ1) is 10.5. The van der Waals surface area contributed by atoms with Crippen LogP contribution in [0.4, 0.5) is 18.9 Å². The fourth-order valence-corrected chi connectivity index (χ4v) is 1.69. The quantitative estimate of drug-likeness (QED) is 0.695. The highest BCUT2D eigenvalue weighted by atomic mass is 19.1. The second kappa shape index (κ2) is 6.59. The van der Waals surface area contributed by atoms with Gasteiger partial charge in [-0.1, -0.05) is 18.2 Å². The highest BCUT2D eigenvalue weighted by Crippen LogP contribution is 2.18. The lowest BCUT2D eigenvalue weighted by molar-refractivity contribution is -0.112. The first-order valence-corrected chi connectivity index (χ1v) is 6.14. The lowest BCUT2D eigenvalue weighted by Gasteiger charge is -2.05. The molecule has 2 aromatic rings. The summed E-state index contributed by atoms with van der Waals surface area (Å²) in [5, 5.41) is 11.1. The second-order valence-corrected chi connectivity index (χ2v) is 4.24. The van der Waals surface area contributed by atoms with Crippen LogP contribution in [0.2, 0.25) is 0 Å². The number of hydrogen-bond acceptors (Lipinski definition) is 2. The van der Waals surface area contributed by atoms with Gasteiger partial charge in [0.05, 0.1) is 5.69 Å². The molecule has 0 heterocycles. The van der Waals surface area contributed by atoms with Crippen LogP contribution in [0.5, 0.6) is 0 Å². The third-order valence-electron chi connectivity index (χ3n) is 2.78. The predicted molar refractivity (Wildman–Crippen MR) is 75.0 cm³/mol. The van der Waals surface area contributed by atoms with Crippen molar-refractivity contribution in [1.82, 2.24) is 0 Å². The van der Waals surface area contributed by atoms with E-state index >= 15 is 0 Å². The molecule has 0 saturated carbocycles. The van der Waals surface area contributed by atoms with Crippen LogP contribution < -0.4 is 5.32 Å².